The molecule has 0 aliphatic rings. The van der Waals surface area contributed by atoms with Crippen LogP contribution >= 0.6 is 0 Å². The molecule has 0 heterocycles. The monoisotopic (exact) mass is 209 g/mol. The lowest BCUT2D eigenvalue weighted by Crippen LogP contribution is -2.11. The molecule has 0 atom stereocenters. The first-order valence-corrected chi connectivity index (χ1v) is 4.72. The van der Waals surface area contributed by atoms with Crippen LogP contribution in [0.25, 0.3) is 0 Å². The lowest BCUT2D eigenvalue weighted by Gasteiger charge is -2.05. The van der Waals surface area contributed by atoms with Gasteiger partial charge in [0, 0.05) is 12.0 Å². The topological polar surface area (TPSA) is 46.2 Å². The van der Waals surface area contributed by atoms with Crippen molar-refractivity contribution < 1.29 is 14.0 Å². The SMILES string of the molecule is CCCC(=O)Nc1ccc(C=O)cc1F. The summed E-state index contributed by atoms with van der Waals surface area (Å²) >= 11 is 0. The maximum atomic E-state index is 13.3. The normalized spacial score (nSPS) is 9.73. The van der Waals surface area contributed by atoms with Gasteiger partial charge < -0.3 is 5.32 Å². The molecule has 0 saturated heterocycles. The van der Waals surface area contributed by atoms with Crippen LogP contribution in [-0.4, -0.2) is 12.2 Å². The second-order valence-corrected chi connectivity index (χ2v) is 3.16. The van der Waals surface area contributed by atoms with Crippen LogP contribution in [-0.2, 0) is 4.79 Å². The Morgan fingerprint density at radius 2 is 2.27 bits per heavy atom. The minimum absolute atomic E-state index is 0.110. The van der Waals surface area contributed by atoms with E-state index in [4.69, 9.17) is 0 Å². The maximum absolute atomic E-state index is 13.3. The number of halogens is 1. The highest BCUT2D eigenvalue weighted by atomic mass is 19.1. The molecule has 1 rings (SSSR count). The Kier molecular flexibility index (Phi) is 3.97. The molecule has 0 spiro atoms. The molecular formula is C11H12FNO2. The summed E-state index contributed by atoms with van der Waals surface area (Å²) in [7, 11) is 0. The molecule has 1 aromatic rings. The number of hydrogen-bond acceptors (Lipinski definition) is 2. The Bertz CT molecular complexity index is 377. The molecule has 0 radical (unpaired) electrons. The minimum atomic E-state index is -0.593. The second kappa shape index (κ2) is 5.24. The van der Waals surface area contributed by atoms with Crippen molar-refractivity contribution in [3.63, 3.8) is 0 Å². The van der Waals surface area contributed by atoms with Crippen LogP contribution in [0.4, 0.5) is 10.1 Å². The zero-order valence-corrected chi connectivity index (χ0v) is 8.42. The number of amides is 1. The van der Waals surface area contributed by atoms with E-state index >= 15 is 0 Å². The predicted octanol–water partition coefficient (Wildman–Crippen LogP) is 2.38. The van der Waals surface area contributed by atoms with Gasteiger partial charge in [0.1, 0.15) is 12.1 Å². The van der Waals surface area contributed by atoms with Gasteiger partial charge in [-0.15, -0.1) is 0 Å². The number of carbonyl (C=O) groups is 2. The first kappa shape index (κ1) is 11.4. The van der Waals surface area contributed by atoms with Crippen LogP contribution in [0.5, 0.6) is 0 Å². The molecule has 1 N–H and O–H groups in total. The van der Waals surface area contributed by atoms with E-state index in [9.17, 15) is 14.0 Å². The number of anilines is 1. The Morgan fingerprint density at radius 3 is 2.80 bits per heavy atom. The average molecular weight is 209 g/mol. The van der Waals surface area contributed by atoms with E-state index in [1.54, 1.807) is 0 Å². The zero-order chi connectivity index (χ0) is 11.3. The molecule has 0 unspecified atom stereocenters. The van der Waals surface area contributed by atoms with Crippen molar-refractivity contribution >= 4 is 17.9 Å². The summed E-state index contributed by atoms with van der Waals surface area (Å²) in [4.78, 5) is 21.5. The van der Waals surface area contributed by atoms with Gasteiger partial charge in [-0.3, -0.25) is 9.59 Å². The molecule has 1 aromatic carbocycles. The summed E-state index contributed by atoms with van der Waals surface area (Å²) in [5.41, 5.74) is 0.361. The number of benzene rings is 1. The molecule has 15 heavy (non-hydrogen) atoms. The van der Waals surface area contributed by atoms with E-state index < -0.39 is 5.82 Å². The van der Waals surface area contributed by atoms with Crippen LogP contribution in [0.2, 0.25) is 0 Å². The fourth-order valence-corrected chi connectivity index (χ4v) is 1.15. The van der Waals surface area contributed by atoms with Crippen molar-refractivity contribution in [2.45, 2.75) is 19.8 Å². The first-order valence-electron chi connectivity index (χ1n) is 4.72. The quantitative estimate of drug-likeness (QED) is 0.774. The maximum Gasteiger partial charge on any atom is 0.224 e. The number of carbonyl (C=O) groups excluding carboxylic acids is 2. The van der Waals surface area contributed by atoms with Crippen LogP contribution in [0.3, 0.4) is 0 Å². The average Bonchev–Trinajstić information content (AvgIpc) is 2.21. The van der Waals surface area contributed by atoms with Crippen molar-refractivity contribution in [1.82, 2.24) is 0 Å². The predicted molar refractivity (Wildman–Crippen MR) is 55.3 cm³/mol. The minimum Gasteiger partial charge on any atom is -0.324 e. The van der Waals surface area contributed by atoms with Gasteiger partial charge in [-0.25, -0.2) is 4.39 Å². The van der Waals surface area contributed by atoms with Gasteiger partial charge in [0.25, 0.3) is 0 Å². The van der Waals surface area contributed by atoms with Crippen LogP contribution in [0.15, 0.2) is 18.2 Å². The molecule has 3 nitrogen and oxygen atoms in total. The van der Waals surface area contributed by atoms with Crippen molar-refractivity contribution in [2.75, 3.05) is 5.32 Å². The molecule has 80 valence electrons. The highest BCUT2D eigenvalue weighted by Crippen LogP contribution is 2.15. The molecule has 0 bridgehead atoms. The van der Waals surface area contributed by atoms with Gasteiger partial charge in [-0.1, -0.05) is 6.92 Å². The van der Waals surface area contributed by atoms with E-state index in [0.717, 1.165) is 6.07 Å². The van der Waals surface area contributed by atoms with E-state index in [1.807, 2.05) is 6.92 Å². The molecule has 0 saturated carbocycles. The molecule has 1 amide bonds. The number of hydrogen-bond donors (Lipinski definition) is 1. The lowest BCUT2D eigenvalue weighted by molar-refractivity contribution is -0.116. The standard InChI is InChI=1S/C11H12FNO2/c1-2-3-11(15)13-10-5-4-8(7-14)6-9(10)12/h4-7H,2-3H2,1H3,(H,13,15). The summed E-state index contributed by atoms with van der Waals surface area (Å²) in [5.74, 6) is -0.820. The Morgan fingerprint density at radius 1 is 1.53 bits per heavy atom. The summed E-state index contributed by atoms with van der Waals surface area (Å²) in [6.07, 6.45) is 1.62. The van der Waals surface area contributed by atoms with Crippen LogP contribution in [0.1, 0.15) is 30.1 Å². The van der Waals surface area contributed by atoms with E-state index in [1.165, 1.54) is 12.1 Å². The third-order valence-electron chi connectivity index (χ3n) is 1.88. The fraction of sp³-hybridized carbons (Fsp3) is 0.273. The van der Waals surface area contributed by atoms with E-state index in [-0.39, 0.29) is 17.2 Å². The van der Waals surface area contributed by atoms with Gasteiger partial charge in [-0.05, 0) is 24.6 Å². The fourth-order valence-electron chi connectivity index (χ4n) is 1.15. The van der Waals surface area contributed by atoms with Gasteiger partial charge in [0.15, 0.2) is 0 Å². The molecule has 4 heteroatoms. The van der Waals surface area contributed by atoms with Crippen LogP contribution < -0.4 is 5.32 Å². The smallest absolute Gasteiger partial charge is 0.224 e. The van der Waals surface area contributed by atoms with Gasteiger partial charge in [0.05, 0.1) is 5.69 Å². The van der Waals surface area contributed by atoms with Crippen molar-refractivity contribution in [3.05, 3.63) is 29.6 Å². The summed E-state index contributed by atoms with van der Waals surface area (Å²) in [6.45, 7) is 1.87. The third kappa shape index (κ3) is 3.16. The Labute approximate surface area is 87.3 Å². The number of rotatable bonds is 4. The van der Waals surface area contributed by atoms with E-state index in [0.29, 0.717) is 19.1 Å². The van der Waals surface area contributed by atoms with Gasteiger partial charge in [0.2, 0.25) is 5.91 Å². The van der Waals surface area contributed by atoms with Crippen molar-refractivity contribution in [2.24, 2.45) is 0 Å². The third-order valence-corrected chi connectivity index (χ3v) is 1.88. The molecular weight excluding hydrogens is 197 g/mol. The van der Waals surface area contributed by atoms with Gasteiger partial charge in [-0.2, -0.15) is 0 Å². The van der Waals surface area contributed by atoms with Crippen molar-refractivity contribution in [1.29, 1.82) is 0 Å². The molecule has 0 fully saturated rings. The molecule has 0 aliphatic carbocycles. The highest BCUT2D eigenvalue weighted by molar-refractivity contribution is 5.91. The summed E-state index contributed by atoms with van der Waals surface area (Å²) in [6, 6.07) is 3.93. The number of aldehydes is 1. The Balaban J connectivity index is 2.78. The van der Waals surface area contributed by atoms with E-state index in [2.05, 4.69) is 5.32 Å². The summed E-state index contributed by atoms with van der Waals surface area (Å²) in [5, 5.41) is 2.43. The van der Waals surface area contributed by atoms with Crippen molar-refractivity contribution in [3.8, 4) is 0 Å². The highest BCUT2D eigenvalue weighted by Gasteiger charge is 2.06. The molecule has 0 aliphatic heterocycles. The molecule has 0 aromatic heterocycles. The Hall–Kier alpha value is -1.71. The summed E-state index contributed by atoms with van der Waals surface area (Å²) < 4.78 is 13.3. The first-order chi connectivity index (χ1) is 7.17. The zero-order valence-electron chi connectivity index (χ0n) is 8.42. The lowest BCUT2D eigenvalue weighted by atomic mass is 10.2. The second-order valence-electron chi connectivity index (χ2n) is 3.16. The van der Waals surface area contributed by atoms with Gasteiger partial charge >= 0.3 is 0 Å². The largest absolute Gasteiger partial charge is 0.324 e. The number of nitrogens with one attached hydrogen (secondary N) is 1. The van der Waals surface area contributed by atoms with Crippen LogP contribution in [0, 0.1) is 5.82 Å².